The van der Waals surface area contributed by atoms with Gasteiger partial charge in [0.25, 0.3) is 0 Å². The minimum Gasteiger partial charge on any atom is -0.314 e. The molecule has 17 heavy (non-hydrogen) atoms. The van der Waals surface area contributed by atoms with Crippen LogP contribution in [0.1, 0.15) is 31.2 Å². The number of nitrogens with one attached hydrogen (secondary N) is 1. The van der Waals surface area contributed by atoms with Crippen molar-refractivity contribution in [3.05, 3.63) is 11.4 Å². The predicted octanol–water partition coefficient (Wildman–Crippen LogP) is 0.902. The van der Waals surface area contributed by atoms with Crippen molar-refractivity contribution in [2.24, 2.45) is 0 Å². The maximum absolute atomic E-state index is 4.26. The fourth-order valence-electron chi connectivity index (χ4n) is 1.90. The molecule has 5 nitrogen and oxygen atoms in total. The van der Waals surface area contributed by atoms with Crippen LogP contribution in [-0.2, 0) is 19.5 Å². The Balaban J connectivity index is 2.63. The molecule has 0 unspecified atom stereocenters. The monoisotopic (exact) mass is 239 g/mol. The summed E-state index contributed by atoms with van der Waals surface area (Å²) in [5.74, 6) is 0. The van der Waals surface area contributed by atoms with Crippen molar-refractivity contribution in [2.75, 3.05) is 27.7 Å². The van der Waals surface area contributed by atoms with Gasteiger partial charge in [0, 0.05) is 13.1 Å². The van der Waals surface area contributed by atoms with Gasteiger partial charge in [-0.3, -0.25) is 0 Å². The second-order valence-corrected chi connectivity index (χ2v) is 4.64. The molecule has 0 aliphatic heterocycles. The summed E-state index contributed by atoms with van der Waals surface area (Å²) in [7, 11) is 6.14. The first-order valence-electron chi connectivity index (χ1n) is 6.39. The van der Waals surface area contributed by atoms with E-state index < -0.39 is 0 Å². The van der Waals surface area contributed by atoms with E-state index in [1.165, 1.54) is 5.69 Å². The van der Waals surface area contributed by atoms with E-state index in [9.17, 15) is 0 Å². The van der Waals surface area contributed by atoms with E-state index in [0.29, 0.717) is 0 Å². The molecule has 1 heterocycles. The third-order valence-corrected chi connectivity index (χ3v) is 2.72. The van der Waals surface area contributed by atoms with Gasteiger partial charge in [0.15, 0.2) is 0 Å². The molecule has 1 aromatic heterocycles. The van der Waals surface area contributed by atoms with Crippen molar-refractivity contribution < 1.29 is 0 Å². The highest BCUT2D eigenvalue weighted by atomic mass is 15.4. The Morgan fingerprint density at radius 3 is 2.71 bits per heavy atom. The van der Waals surface area contributed by atoms with E-state index in [0.717, 1.165) is 44.6 Å². The van der Waals surface area contributed by atoms with Crippen LogP contribution in [0, 0.1) is 0 Å². The topological polar surface area (TPSA) is 46.0 Å². The van der Waals surface area contributed by atoms with Crippen LogP contribution >= 0.6 is 0 Å². The number of nitrogens with zero attached hydrogens (tertiary/aromatic N) is 4. The molecule has 0 spiro atoms. The lowest BCUT2D eigenvalue weighted by Crippen LogP contribution is -2.16. The number of hydrogen-bond donors (Lipinski definition) is 1. The fraction of sp³-hybridized carbons (Fsp3) is 0.833. The Morgan fingerprint density at radius 1 is 1.35 bits per heavy atom. The van der Waals surface area contributed by atoms with Crippen LogP contribution in [0.5, 0.6) is 0 Å². The van der Waals surface area contributed by atoms with Gasteiger partial charge in [0.2, 0.25) is 0 Å². The zero-order chi connectivity index (χ0) is 12.7. The standard InChI is InChI=1S/C12H25N5/c1-5-7-12-11(10-13-2)14-15-17(12)9-6-8-16(3)4/h13H,5-10H2,1-4H3. The Kier molecular flexibility index (Phi) is 6.15. The summed E-state index contributed by atoms with van der Waals surface area (Å²) in [6.45, 7) is 5.06. The molecule has 98 valence electrons. The van der Waals surface area contributed by atoms with Crippen LogP contribution < -0.4 is 5.32 Å². The van der Waals surface area contributed by atoms with E-state index in [-0.39, 0.29) is 0 Å². The number of hydrogen-bond acceptors (Lipinski definition) is 4. The molecule has 0 saturated heterocycles. The molecule has 0 fully saturated rings. The summed E-state index contributed by atoms with van der Waals surface area (Å²) in [5, 5.41) is 11.7. The molecule has 0 radical (unpaired) electrons. The minimum absolute atomic E-state index is 0.809. The van der Waals surface area contributed by atoms with Crippen molar-refractivity contribution in [3.63, 3.8) is 0 Å². The Morgan fingerprint density at radius 2 is 2.12 bits per heavy atom. The molecule has 0 atom stereocenters. The second kappa shape index (κ2) is 7.40. The van der Waals surface area contributed by atoms with Gasteiger partial charge in [0.05, 0.1) is 11.4 Å². The zero-order valence-corrected chi connectivity index (χ0v) is 11.5. The van der Waals surface area contributed by atoms with Crippen LogP contribution in [-0.4, -0.2) is 47.6 Å². The van der Waals surface area contributed by atoms with Gasteiger partial charge < -0.3 is 10.2 Å². The Labute approximate surface area is 104 Å². The summed E-state index contributed by atoms with van der Waals surface area (Å²) >= 11 is 0. The summed E-state index contributed by atoms with van der Waals surface area (Å²) in [5.41, 5.74) is 2.39. The van der Waals surface area contributed by atoms with E-state index in [2.05, 4.69) is 46.2 Å². The van der Waals surface area contributed by atoms with Crippen LogP contribution in [0.2, 0.25) is 0 Å². The first-order valence-corrected chi connectivity index (χ1v) is 6.39. The molecule has 0 aliphatic carbocycles. The highest BCUT2D eigenvalue weighted by molar-refractivity contribution is 5.10. The van der Waals surface area contributed by atoms with Gasteiger partial charge in [-0.05, 0) is 40.5 Å². The van der Waals surface area contributed by atoms with Crippen LogP contribution in [0.15, 0.2) is 0 Å². The first kappa shape index (κ1) is 14.1. The van der Waals surface area contributed by atoms with Crippen LogP contribution in [0.4, 0.5) is 0 Å². The SMILES string of the molecule is CCCc1c(CNC)nnn1CCCN(C)C. The molecule has 0 aromatic carbocycles. The normalized spacial score (nSPS) is 11.4. The molecule has 0 bridgehead atoms. The van der Waals surface area contributed by atoms with Crippen molar-refractivity contribution in [1.82, 2.24) is 25.2 Å². The molecule has 5 heteroatoms. The first-order chi connectivity index (χ1) is 8.19. The molecule has 0 aliphatic rings. The summed E-state index contributed by atoms with van der Waals surface area (Å²) in [6, 6.07) is 0. The van der Waals surface area contributed by atoms with E-state index in [1.807, 2.05) is 7.05 Å². The average molecular weight is 239 g/mol. The van der Waals surface area contributed by atoms with Crippen LogP contribution in [0.25, 0.3) is 0 Å². The highest BCUT2D eigenvalue weighted by Crippen LogP contribution is 2.09. The average Bonchev–Trinajstić information content (AvgIpc) is 2.63. The number of aromatic nitrogens is 3. The van der Waals surface area contributed by atoms with Gasteiger partial charge in [0.1, 0.15) is 0 Å². The number of aryl methyl sites for hydroxylation is 1. The van der Waals surface area contributed by atoms with E-state index in [1.54, 1.807) is 0 Å². The summed E-state index contributed by atoms with van der Waals surface area (Å²) in [6.07, 6.45) is 3.32. The van der Waals surface area contributed by atoms with Crippen molar-refractivity contribution in [3.8, 4) is 0 Å². The zero-order valence-electron chi connectivity index (χ0n) is 11.5. The van der Waals surface area contributed by atoms with E-state index in [4.69, 9.17) is 0 Å². The molecule has 1 aromatic rings. The number of rotatable bonds is 8. The lowest BCUT2D eigenvalue weighted by Gasteiger charge is -2.10. The molecule has 0 saturated carbocycles. The summed E-state index contributed by atoms with van der Waals surface area (Å²) in [4.78, 5) is 2.20. The lowest BCUT2D eigenvalue weighted by atomic mass is 10.2. The quantitative estimate of drug-likeness (QED) is 0.732. The van der Waals surface area contributed by atoms with Crippen molar-refractivity contribution in [2.45, 2.75) is 39.3 Å². The second-order valence-electron chi connectivity index (χ2n) is 4.64. The summed E-state index contributed by atoms with van der Waals surface area (Å²) < 4.78 is 2.07. The highest BCUT2D eigenvalue weighted by Gasteiger charge is 2.10. The molecule has 0 amide bonds. The van der Waals surface area contributed by atoms with Crippen molar-refractivity contribution >= 4 is 0 Å². The molecule has 1 N–H and O–H groups in total. The van der Waals surface area contributed by atoms with Gasteiger partial charge in [-0.15, -0.1) is 5.10 Å². The van der Waals surface area contributed by atoms with Crippen molar-refractivity contribution in [1.29, 1.82) is 0 Å². The van der Waals surface area contributed by atoms with Gasteiger partial charge >= 0.3 is 0 Å². The smallest absolute Gasteiger partial charge is 0.0996 e. The van der Waals surface area contributed by atoms with Crippen LogP contribution in [0.3, 0.4) is 0 Å². The molecular weight excluding hydrogens is 214 g/mol. The molecule has 1 rings (SSSR count). The maximum Gasteiger partial charge on any atom is 0.0996 e. The third-order valence-electron chi connectivity index (χ3n) is 2.72. The minimum atomic E-state index is 0.809. The Hall–Kier alpha value is -0.940. The van der Waals surface area contributed by atoms with Gasteiger partial charge in [-0.2, -0.15) is 0 Å². The van der Waals surface area contributed by atoms with E-state index >= 15 is 0 Å². The predicted molar refractivity (Wildman–Crippen MR) is 70.0 cm³/mol. The van der Waals surface area contributed by atoms with Gasteiger partial charge in [-0.1, -0.05) is 18.6 Å². The Bertz CT molecular complexity index is 319. The largest absolute Gasteiger partial charge is 0.314 e. The molecular formula is C12H25N5. The van der Waals surface area contributed by atoms with Gasteiger partial charge in [-0.25, -0.2) is 4.68 Å². The third kappa shape index (κ3) is 4.44. The lowest BCUT2D eigenvalue weighted by molar-refractivity contribution is 0.376. The maximum atomic E-state index is 4.26. The fourth-order valence-corrected chi connectivity index (χ4v) is 1.90.